The van der Waals surface area contributed by atoms with Crippen LogP contribution in [0.3, 0.4) is 0 Å². The van der Waals surface area contributed by atoms with Gasteiger partial charge >= 0.3 is 59.1 Å². The van der Waals surface area contributed by atoms with Gasteiger partial charge in [0.05, 0.1) is 33.6 Å². The molecule has 0 radical (unpaired) electrons. The largest absolute Gasteiger partial charge is 1.00 e. The molecule has 178 valence electrons. The summed E-state index contributed by atoms with van der Waals surface area (Å²) in [5, 5.41) is 33.0. The smallest absolute Gasteiger partial charge is 0.748 e. The number of hydrogen-bond acceptors (Lipinski definition) is 10. The summed E-state index contributed by atoms with van der Waals surface area (Å²) >= 11 is 1.10. The fraction of sp³-hybridized carbons (Fsp3) is 1.00. The molecule has 0 bridgehead atoms. The fourth-order valence-corrected chi connectivity index (χ4v) is 8.80. The first-order valence-electron chi connectivity index (χ1n) is 11.5. The summed E-state index contributed by atoms with van der Waals surface area (Å²) in [4.78, 5) is 0. The molecule has 0 aromatic carbocycles. The van der Waals surface area contributed by atoms with Gasteiger partial charge in [-0.15, -0.1) is 0 Å². The Morgan fingerprint density at radius 3 is 2.03 bits per heavy atom. The first-order chi connectivity index (χ1) is 14.9. The Hall–Kier alpha value is 1.70. The number of rotatable bonds is 6. The predicted molar refractivity (Wildman–Crippen MR) is 110 cm³/mol. The van der Waals surface area contributed by atoms with Crippen LogP contribution < -0.4 is 64.4 Å². The SMILES string of the molecule is O=S(=O)([O-])C1CC(N=NC2CCC(SOO[O-])C3CCCCC23)C(O)C2CCCCC21.[Na+].[Na+]. The molecule has 1 N–H and O–H groups in total. The van der Waals surface area contributed by atoms with E-state index in [9.17, 15) is 23.3 Å². The van der Waals surface area contributed by atoms with Crippen LogP contribution in [0, 0.1) is 23.7 Å². The minimum absolute atomic E-state index is 0. The molecule has 9 unspecified atom stereocenters. The van der Waals surface area contributed by atoms with Crippen LogP contribution in [0.5, 0.6) is 0 Å². The van der Waals surface area contributed by atoms with Gasteiger partial charge in [-0.25, -0.2) is 8.42 Å². The maximum atomic E-state index is 12.0. The summed E-state index contributed by atoms with van der Waals surface area (Å²) in [6.07, 6.45) is 8.51. The topological polar surface area (TPSA) is 144 Å². The minimum atomic E-state index is -4.45. The summed E-state index contributed by atoms with van der Waals surface area (Å²) in [5.41, 5.74) is 0. The van der Waals surface area contributed by atoms with E-state index in [0.717, 1.165) is 69.8 Å². The summed E-state index contributed by atoms with van der Waals surface area (Å²) in [6.45, 7) is 0. The van der Waals surface area contributed by atoms with E-state index in [1.54, 1.807) is 0 Å². The zero-order valence-corrected chi connectivity index (χ0v) is 25.2. The van der Waals surface area contributed by atoms with Gasteiger partial charge in [0.25, 0.3) is 0 Å². The summed E-state index contributed by atoms with van der Waals surface area (Å²) in [5.74, 6) is 0.219. The van der Waals surface area contributed by atoms with Crippen LogP contribution >= 0.6 is 12.0 Å². The molecule has 4 aliphatic carbocycles. The van der Waals surface area contributed by atoms with Crippen molar-refractivity contribution in [2.75, 3.05) is 0 Å². The Morgan fingerprint density at radius 2 is 1.39 bits per heavy atom. The molecular formula is C20H32N2Na2O7S2. The maximum absolute atomic E-state index is 12.0. The Morgan fingerprint density at radius 1 is 0.818 bits per heavy atom. The van der Waals surface area contributed by atoms with Crippen LogP contribution in [0.4, 0.5) is 0 Å². The van der Waals surface area contributed by atoms with Gasteiger partial charge in [-0.05, 0) is 68.6 Å². The van der Waals surface area contributed by atoms with Gasteiger partial charge in [0.1, 0.15) is 0 Å². The van der Waals surface area contributed by atoms with Crippen molar-refractivity contribution in [1.29, 1.82) is 0 Å². The van der Waals surface area contributed by atoms with E-state index in [4.69, 9.17) is 0 Å². The van der Waals surface area contributed by atoms with E-state index in [0.29, 0.717) is 18.3 Å². The van der Waals surface area contributed by atoms with Gasteiger partial charge in [0.15, 0.2) is 0 Å². The zero-order valence-electron chi connectivity index (χ0n) is 19.6. The van der Waals surface area contributed by atoms with Crippen LogP contribution in [0.1, 0.15) is 70.6 Å². The molecule has 0 aliphatic heterocycles. The number of fused-ring (bicyclic) bond motifs is 2. The summed E-state index contributed by atoms with van der Waals surface area (Å²) in [6, 6.07) is -0.631. The number of nitrogens with zero attached hydrogens (tertiary/aromatic N) is 2. The molecule has 0 heterocycles. The average molecular weight is 523 g/mol. The minimum Gasteiger partial charge on any atom is -0.748 e. The molecule has 0 spiro atoms. The zero-order chi connectivity index (χ0) is 22.0. The monoisotopic (exact) mass is 522 g/mol. The molecule has 33 heavy (non-hydrogen) atoms. The van der Waals surface area contributed by atoms with Crippen molar-refractivity contribution in [2.24, 2.45) is 33.9 Å². The molecule has 4 saturated carbocycles. The normalized spacial score (nSPS) is 41.4. The van der Waals surface area contributed by atoms with E-state index in [1.165, 1.54) is 0 Å². The first-order valence-corrected chi connectivity index (χ1v) is 13.8. The number of aliphatic hydroxyl groups is 1. The number of azo groups is 1. The van der Waals surface area contributed by atoms with E-state index in [1.807, 2.05) is 0 Å². The van der Waals surface area contributed by atoms with Crippen LogP contribution in [-0.2, 0) is 19.5 Å². The van der Waals surface area contributed by atoms with E-state index < -0.39 is 27.5 Å². The van der Waals surface area contributed by atoms with Crippen molar-refractivity contribution >= 4 is 22.2 Å². The van der Waals surface area contributed by atoms with E-state index in [2.05, 4.69) is 19.6 Å². The van der Waals surface area contributed by atoms with Gasteiger partial charge in [0.2, 0.25) is 0 Å². The quantitative estimate of drug-likeness (QED) is 0.0946. The van der Waals surface area contributed by atoms with Crippen molar-refractivity contribution in [3.05, 3.63) is 0 Å². The summed E-state index contributed by atoms with van der Waals surface area (Å²) < 4.78 is 40.5. The Bertz CT molecular complexity index is 748. The molecule has 0 aromatic rings. The van der Waals surface area contributed by atoms with E-state index in [-0.39, 0.29) is 88.7 Å². The first kappa shape index (κ1) is 30.9. The molecule has 9 atom stereocenters. The molecule has 0 aromatic heterocycles. The van der Waals surface area contributed by atoms with Crippen molar-refractivity contribution in [3.63, 3.8) is 0 Å². The maximum Gasteiger partial charge on any atom is 1.00 e. The third-order valence-corrected chi connectivity index (χ3v) is 10.4. The van der Waals surface area contributed by atoms with Gasteiger partial charge in [-0.1, -0.05) is 25.7 Å². The second-order valence-corrected chi connectivity index (χ2v) is 12.2. The number of aliphatic hydroxyl groups excluding tert-OH is 1. The van der Waals surface area contributed by atoms with Crippen LogP contribution in [0.15, 0.2) is 10.2 Å². The van der Waals surface area contributed by atoms with Gasteiger partial charge in [-0.3, -0.25) is 5.04 Å². The molecule has 4 rings (SSSR count). The number of hydrogen-bond donors (Lipinski definition) is 1. The molecule has 4 fully saturated rings. The Balaban J connectivity index is 0.00000193. The fourth-order valence-electron chi connectivity index (χ4n) is 6.75. The van der Waals surface area contributed by atoms with Crippen molar-refractivity contribution in [3.8, 4) is 0 Å². The molecule has 0 saturated heterocycles. The summed E-state index contributed by atoms with van der Waals surface area (Å²) in [7, 11) is -4.45. The van der Waals surface area contributed by atoms with Crippen LogP contribution in [0.25, 0.3) is 0 Å². The predicted octanol–water partition coefficient (Wildman–Crippen LogP) is -3.49. The average Bonchev–Trinajstić information content (AvgIpc) is 2.77. The standard InChI is InChI=1S/C20H34N2O7S2.2Na/c23-20-15-8-4-3-7-14(15)19(31(25,26)27)11-17(20)22-21-16-9-10-18(30-29-28-24)13-6-2-1-5-12(13)16;;/h12-20,23-24H,1-11H2,(H,25,26,27);;/q;2*+1/p-2. The van der Waals surface area contributed by atoms with Gasteiger partial charge in [-0.2, -0.15) is 14.6 Å². The Kier molecular flexibility index (Phi) is 13.1. The second-order valence-electron chi connectivity index (χ2n) is 9.70. The van der Waals surface area contributed by atoms with Crippen LogP contribution in [-0.4, -0.2) is 46.8 Å². The Labute approximate surface area is 245 Å². The van der Waals surface area contributed by atoms with Gasteiger partial charge in [0, 0.05) is 17.3 Å². The molecular weight excluding hydrogens is 490 g/mol. The molecule has 13 heteroatoms. The van der Waals surface area contributed by atoms with Crippen molar-refractivity contribution in [1.82, 2.24) is 0 Å². The van der Waals surface area contributed by atoms with Crippen molar-refractivity contribution < 1.29 is 91.8 Å². The third kappa shape index (κ3) is 7.39. The molecule has 4 aliphatic rings. The van der Waals surface area contributed by atoms with Gasteiger partial charge < -0.3 is 14.9 Å². The third-order valence-electron chi connectivity index (χ3n) is 8.18. The van der Waals surface area contributed by atoms with E-state index >= 15 is 0 Å². The van der Waals surface area contributed by atoms with Crippen molar-refractivity contribution in [2.45, 2.75) is 99.3 Å². The second kappa shape index (κ2) is 14.0. The molecule has 0 amide bonds. The molecule has 9 nitrogen and oxygen atoms in total. The van der Waals surface area contributed by atoms with Crippen LogP contribution in [0.2, 0.25) is 0 Å².